The van der Waals surface area contributed by atoms with E-state index in [1.807, 2.05) is 0 Å². The van der Waals surface area contributed by atoms with Crippen molar-refractivity contribution in [1.82, 2.24) is 9.55 Å². The normalized spacial score (nSPS) is 10.5. The van der Waals surface area contributed by atoms with Crippen LogP contribution >= 0.6 is 27.5 Å². The van der Waals surface area contributed by atoms with E-state index in [9.17, 15) is 19.7 Å². The third-order valence-electron chi connectivity index (χ3n) is 2.56. The van der Waals surface area contributed by atoms with E-state index in [0.29, 0.717) is 5.56 Å². The predicted octanol–water partition coefficient (Wildman–Crippen LogP) is 1.91. The standard InChI is InChI=1S/C11H7BrClN3O4/c12-8-5-15(11(18)14-10(8)17)4-6-1-2-7(16(19)20)3-9(6)13/h1-3,5H,4H2,(H,14,17,18). The van der Waals surface area contributed by atoms with E-state index in [0.717, 1.165) is 0 Å². The third-order valence-corrected chi connectivity index (χ3v) is 3.47. The molecule has 0 saturated carbocycles. The summed E-state index contributed by atoms with van der Waals surface area (Å²) < 4.78 is 1.44. The molecule has 0 unspecified atom stereocenters. The largest absolute Gasteiger partial charge is 0.328 e. The van der Waals surface area contributed by atoms with Crippen molar-refractivity contribution in [3.63, 3.8) is 0 Å². The third kappa shape index (κ3) is 2.97. The van der Waals surface area contributed by atoms with Gasteiger partial charge in [-0.15, -0.1) is 0 Å². The van der Waals surface area contributed by atoms with Gasteiger partial charge in [0.25, 0.3) is 11.2 Å². The van der Waals surface area contributed by atoms with E-state index in [-0.39, 0.29) is 21.7 Å². The van der Waals surface area contributed by atoms with Crippen molar-refractivity contribution in [3.8, 4) is 0 Å². The molecule has 7 nitrogen and oxygen atoms in total. The molecule has 0 bridgehead atoms. The molecule has 0 radical (unpaired) electrons. The lowest BCUT2D eigenvalue weighted by atomic mass is 10.2. The van der Waals surface area contributed by atoms with Gasteiger partial charge < -0.3 is 0 Å². The molecule has 9 heteroatoms. The number of rotatable bonds is 3. The van der Waals surface area contributed by atoms with Crippen LogP contribution in [-0.4, -0.2) is 14.5 Å². The summed E-state index contributed by atoms with van der Waals surface area (Å²) in [5.74, 6) is 0. The minimum atomic E-state index is -0.590. The summed E-state index contributed by atoms with van der Waals surface area (Å²) in [6.07, 6.45) is 1.33. The number of nitro groups is 1. The highest BCUT2D eigenvalue weighted by Crippen LogP contribution is 2.22. The molecule has 0 fully saturated rings. The molecule has 1 aromatic carbocycles. The Hall–Kier alpha value is -1.93. The molecule has 1 N–H and O–H groups in total. The molecule has 1 aromatic heterocycles. The topological polar surface area (TPSA) is 98.0 Å². The fourth-order valence-corrected chi connectivity index (χ4v) is 2.14. The van der Waals surface area contributed by atoms with Crippen LogP contribution in [0.4, 0.5) is 5.69 Å². The Morgan fingerprint density at radius 3 is 2.70 bits per heavy atom. The second-order valence-electron chi connectivity index (χ2n) is 3.90. The number of aromatic amines is 1. The molecule has 0 aliphatic rings. The van der Waals surface area contributed by atoms with E-state index in [4.69, 9.17) is 11.6 Å². The first-order chi connectivity index (χ1) is 9.38. The minimum Gasteiger partial charge on any atom is -0.295 e. The summed E-state index contributed by atoms with van der Waals surface area (Å²) in [5.41, 5.74) is -0.722. The van der Waals surface area contributed by atoms with Gasteiger partial charge in [0, 0.05) is 18.3 Å². The average molecular weight is 361 g/mol. The fourth-order valence-electron chi connectivity index (χ4n) is 1.56. The molecule has 1 heterocycles. The van der Waals surface area contributed by atoms with Crippen molar-refractivity contribution in [1.29, 1.82) is 0 Å². The van der Waals surface area contributed by atoms with Crippen LogP contribution < -0.4 is 11.2 Å². The quantitative estimate of drug-likeness (QED) is 0.667. The molecule has 104 valence electrons. The molecule has 0 atom stereocenters. The first-order valence-electron chi connectivity index (χ1n) is 5.30. The maximum Gasteiger partial charge on any atom is 0.328 e. The number of nitrogens with one attached hydrogen (secondary N) is 1. The maximum absolute atomic E-state index is 11.6. The van der Waals surface area contributed by atoms with Crippen molar-refractivity contribution in [2.24, 2.45) is 0 Å². The summed E-state index contributed by atoms with van der Waals surface area (Å²) in [6.45, 7) is 0.0883. The Balaban J connectivity index is 2.40. The average Bonchev–Trinajstić information content (AvgIpc) is 2.37. The number of nitrogens with zero attached hydrogens (tertiary/aromatic N) is 2. The smallest absolute Gasteiger partial charge is 0.295 e. The first-order valence-corrected chi connectivity index (χ1v) is 6.47. The molecule has 20 heavy (non-hydrogen) atoms. The number of nitro benzene ring substituents is 1. The van der Waals surface area contributed by atoms with Gasteiger partial charge in [0.2, 0.25) is 0 Å². The molecule has 2 rings (SSSR count). The molecule has 0 spiro atoms. The van der Waals surface area contributed by atoms with Crippen LogP contribution in [0.5, 0.6) is 0 Å². The molecule has 0 amide bonds. The highest BCUT2D eigenvalue weighted by molar-refractivity contribution is 9.10. The van der Waals surface area contributed by atoms with Gasteiger partial charge in [-0.2, -0.15) is 0 Å². The van der Waals surface area contributed by atoms with Crippen LogP contribution in [0, 0.1) is 10.1 Å². The number of hydrogen-bond donors (Lipinski definition) is 1. The van der Waals surface area contributed by atoms with Crippen molar-refractivity contribution in [2.45, 2.75) is 6.54 Å². The zero-order valence-corrected chi connectivity index (χ0v) is 12.1. The number of non-ortho nitro benzene ring substituents is 1. The summed E-state index contributed by atoms with van der Waals surface area (Å²) in [6, 6.07) is 3.97. The van der Waals surface area contributed by atoms with Gasteiger partial charge in [0.15, 0.2) is 0 Å². The number of halogens is 2. The molecular weight excluding hydrogens is 353 g/mol. The Morgan fingerprint density at radius 2 is 2.10 bits per heavy atom. The van der Waals surface area contributed by atoms with Gasteiger partial charge in [-0.1, -0.05) is 11.6 Å². The van der Waals surface area contributed by atoms with Gasteiger partial charge in [0.05, 0.1) is 21.0 Å². The van der Waals surface area contributed by atoms with Gasteiger partial charge in [0.1, 0.15) is 0 Å². The molecule has 2 aromatic rings. The number of hydrogen-bond acceptors (Lipinski definition) is 4. The van der Waals surface area contributed by atoms with Crippen LogP contribution in [0.2, 0.25) is 5.02 Å². The number of benzene rings is 1. The summed E-state index contributed by atoms with van der Waals surface area (Å²) in [5, 5.41) is 10.8. The van der Waals surface area contributed by atoms with Crippen LogP contribution in [-0.2, 0) is 6.54 Å². The Bertz CT molecular complexity index is 799. The fraction of sp³-hybridized carbons (Fsp3) is 0.0909. The van der Waals surface area contributed by atoms with Gasteiger partial charge in [-0.3, -0.25) is 24.5 Å². The number of H-pyrrole nitrogens is 1. The van der Waals surface area contributed by atoms with E-state index in [2.05, 4.69) is 20.9 Å². The Kier molecular flexibility index (Phi) is 4.05. The maximum atomic E-state index is 11.6. The highest BCUT2D eigenvalue weighted by atomic mass is 79.9. The van der Waals surface area contributed by atoms with E-state index in [1.54, 1.807) is 0 Å². The van der Waals surface area contributed by atoms with Crippen LogP contribution in [0.25, 0.3) is 0 Å². The predicted molar refractivity (Wildman–Crippen MR) is 76.2 cm³/mol. The van der Waals surface area contributed by atoms with E-state index in [1.165, 1.54) is 29.0 Å². The zero-order valence-electron chi connectivity index (χ0n) is 9.80. The highest BCUT2D eigenvalue weighted by Gasteiger charge is 2.11. The van der Waals surface area contributed by atoms with Gasteiger partial charge in [-0.05, 0) is 27.6 Å². The second kappa shape index (κ2) is 5.59. The molecule has 0 aliphatic heterocycles. The minimum absolute atomic E-state index is 0.0883. The Morgan fingerprint density at radius 1 is 1.40 bits per heavy atom. The lowest BCUT2D eigenvalue weighted by Crippen LogP contribution is -2.30. The second-order valence-corrected chi connectivity index (χ2v) is 5.16. The van der Waals surface area contributed by atoms with Crippen molar-refractivity contribution < 1.29 is 4.92 Å². The lowest BCUT2D eigenvalue weighted by molar-refractivity contribution is -0.384. The summed E-state index contributed by atoms with van der Waals surface area (Å²) in [4.78, 5) is 35.0. The molecule has 0 saturated heterocycles. The van der Waals surface area contributed by atoms with Gasteiger partial charge >= 0.3 is 5.69 Å². The SMILES string of the molecule is O=c1[nH]c(=O)n(Cc2ccc([N+](=O)[O-])cc2Cl)cc1Br. The van der Waals surface area contributed by atoms with Crippen molar-refractivity contribution in [2.75, 3.05) is 0 Å². The lowest BCUT2D eigenvalue weighted by Gasteiger charge is -2.07. The van der Waals surface area contributed by atoms with Crippen molar-refractivity contribution in [3.05, 3.63) is 70.4 Å². The van der Waals surface area contributed by atoms with Crippen LogP contribution in [0.1, 0.15) is 5.56 Å². The van der Waals surface area contributed by atoms with Crippen molar-refractivity contribution >= 4 is 33.2 Å². The van der Waals surface area contributed by atoms with E-state index < -0.39 is 16.2 Å². The summed E-state index contributed by atoms with van der Waals surface area (Å²) in [7, 11) is 0. The van der Waals surface area contributed by atoms with E-state index >= 15 is 0 Å². The first kappa shape index (κ1) is 14.5. The molecule has 0 aliphatic carbocycles. The monoisotopic (exact) mass is 359 g/mol. The number of aromatic nitrogens is 2. The zero-order chi connectivity index (χ0) is 14.9. The Labute approximate surface area is 125 Å². The summed E-state index contributed by atoms with van der Waals surface area (Å²) >= 11 is 8.96. The van der Waals surface area contributed by atoms with Crippen LogP contribution in [0.15, 0.2) is 38.5 Å². The van der Waals surface area contributed by atoms with Gasteiger partial charge in [-0.25, -0.2) is 4.79 Å². The molecular formula is C11H7BrClN3O4. The van der Waals surface area contributed by atoms with Crippen LogP contribution in [0.3, 0.4) is 0 Å².